The first-order valence-corrected chi connectivity index (χ1v) is 4.95. The van der Waals surface area contributed by atoms with Gasteiger partial charge in [0.05, 0.1) is 7.11 Å². The van der Waals surface area contributed by atoms with Gasteiger partial charge < -0.3 is 9.47 Å². The molecule has 0 rings (SSSR count). The average Bonchev–Trinajstić information content (AvgIpc) is 2.25. The summed E-state index contributed by atoms with van der Waals surface area (Å²) >= 11 is 0. The molecule has 16 heavy (non-hydrogen) atoms. The lowest BCUT2D eigenvalue weighted by molar-refractivity contribution is -0.144. The fourth-order valence-electron chi connectivity index (χ4n) is 0.984. The Bertz CT molecular complexity index is 270. The van der Waals surface area contributed by atoms with Crippen LogP contribution in [0.1, 0.15) is 25.7 Å². The summed E-state index contributed by atoms with van der Waals surface area (Å²) in [5, 5.41) is 0. The SMILES string of the molecule is C=CCOC(=O)CC(=O)CCCC(=O)OC. The van der Waals surface area contributed by atoms with Gasteiger partial charge in [-0.2, -0.15) is 0 Å². The van der Waals surface area contributed by atoms with E-state index in [1.807, 2.05) is 0 Å². The van der Waals surface area contributed by atoms with Crippen LogP contribution in [0.15, 0.2) is 12.7 Å². The summed E-state index contributed by atoms with van der Waals surface area (Å²) in [4.78, 5) is 32.9. The average molecular weight is 228 g/mol. The zero-order valence-electron chi connectivity index (χ0n) is 9.36. The molecule has 90 valence electrons. The molecule has 0 aliphatic rings. The fourth-order valence-corrected chi connectivity index (χ4v) is 0.984. The highest BCUT2D eigenvalue weighted by Crippen LogP contribution is 2.01. The molecule has 0 saturated heterocycles. The van der Waals surface area contributed by atoms with Crippen LogP contribution in [0.2, 0.25) is 0 Å². The van der Waals surface area contributed by atoms with Crippen LogP contribution in [0, 0.1) is 0 Å². The van der Waals surface area contributed by atoms with Crippen molar-refractivity contribution in [2.75, 3.05) is 13.7 Å². The number of ether oxygens (including phenoxy) is 2. The molecular formula is C11H16O5. The van der Waals surface area contributed by atoms with E-state index < -0.39 is 5.97 Å². The van der Waals surface area contributed by atoms with E-state index in [1.54, 1.807) is 0 Å². The molecule has 0 saturated carbocycles. The molecule has 0 heterocycles. The molecule has 0 fully saturated rings. The third kappa shape index (κ3) is 7.73. The van der Waals surface area contributed by atoms with Crippen LogP contribution >= 0.6 is 0 Å². The van der Waals surface area contributed by atoms with Gasteiger partial charge in [0.25, 0.3) is 0 Å². The van der Waals surface area contributed by atoms with Crippen LogP contribution in [0.3, 0.4) is 0 Å². The quantitative estimate of drug-likeness (QED) is 0.352. The van der Waals surface area contributed by atoms with Gasteiger partial charge in [-0.3, -0.25) is 14.4 Å². The van der Waals surface area contributed by atoms with Crippen LogP contribution in [0.4, 0.5) is 0 Å². The molecule has 0 aliphatic heterocycles. The third-order valence-corrected chi connectivity index (χ3v) is 1.77. The van der Waals surface area contributed by atoms with E-state index in [0.717, 1.165) is 0 Å². The Morgan fingerprint density at radius 3 is 2.44 bits per heavy atom. The largest absolute Gasteiger partial charge is 0.469 e. The van der Waals surface area contributed by atoms with Crippen molar-refractivity contribution in [3.63, 3.8) is 0 Å². The van der Waals surface area contributed by atoms with Crippen LogP contribution in [-0.4, -0.2) is 31.4 Å². The number of carbonyl (C=O) groups excluding carboxylic acids is 3. The Morgan fingerprint density at radius 2 is 1.88 bits per heavy atom. The molecule has 5 heteroatoms. The summed E-state index contributed by atoms with van der Waals surface area (Å²) in [5.41, 5.74) is 0. The molecule has 0 aliphatic carbocycles. The summed E-state index contributed by atoms with van der Waals surface area (Å²) in [6, 6.07) is 0. The lowest BCUT2D eigenvalue weighted by atomic mass is 10.1. The molecule has 5 nitrogen and oxygen atoms in total. The smallest absolute Gasteiger partial charge is 0.313 e. The summed E-state index contributed by atoms with van der Waals surface area (Å²) in [7, 11) is 1.29. The monoisotopic (exact) mass is 228 g/mol. The van der Waals surface area contributed by atoms with Crippen molar-refractivity contribution in [1.29, 1.82) is 0 Å². The normalized spacial score (nSPS) is 9.31. The van der Waals surface area contributed by atoms with Crippen LogP contribution in [0.25, 0.3) is 0 Å². The molecule has 0 atom stereocenters. The fraction of sp³-hybridized carbons (Fsp3) is 0.545. The molecule has 0 N–H and O–H groups in total. The van der Waals surface area contributed by atoms with E-state index in [1.165, 1.54) is 13.2 Å². The maximum absolute atomic E-state index is 11.2. The van der Waals surface area contributed by atoms with Gasteiger partial charge in [-0.15, -0.1) is 0 Å². The third-order valence-electron chi connectivity index (χ3n) is 1.77. The predicted octanol–water partition coefficient (Wildman–Crippen LogP) is 1.02. The number of hydrogen-bond acceptors (Lipinski definition) is 5. The minimum atomic E-state index is -0.567. The summed E-state index contributed by atoms with van der Waals surface area (Å²) in [5.74, 6) is -1.16. The Hall–Kier alpha value is -1.65. The Balaban J connectivity index is 3.61. The van der Waals surface area contributed by atoms with Crippen molar-refractivity contribution in [2.45, 2.75) is 25.7 Å². The van der Waals surface area contributed by atoms with Gasteiger partial charge in [0.1, 0.15) is 18.8 Å². The van der Waals surface area contributed by atoms with E-state index >= 15 is 0 Å². The van der Waals surface area contributed by atoms with Gasteiger partial charge in [-0.1, -0.05) is 12.7 Å². The molecule has 0 aromatic rings. The number of carbonyl (C=O) groups is 3. The summed E-state index contributed by atoms with van der Waals surface area (Å²) in [6.07, 6.45) is 1.93. The minimum absolute atomic E-state index is 0.105. The van der Waals surface area contributed by atoms with Crippen molar-refractivity contribution in [3.8, 4) is 0 Å². The zero-order chi connectivity index (χ0) is 12.4. The van der Waals surface area contributed by atoms with Gasteiger partial charge in [-0.05, 0) is 6.42 Å². The van der Waals surface area contributed by atoms with E-state index in [4.69, 9.17) is 0 Å². The van der Waals surface area contributed by atoms with Crippen LogP contribution in [0.5, 0.6) is 0 Å². The first kappa shape index (κ1) is 14.3. The first-order chi connectivity index (χ1) is 7.60. The summed E-state index contributed by atoms with van der Waals surface area (Å²) in [6.45, 7) is 3.48. The Kier molecular flexibility index (Phi) is 7.75. The van der Waals surface area contributed by atoms with Gasteiger partial charge in [-0.25, -0.2) is 0 Å². The lowest BCUT2D eigenvalue weighted by Gasteiger charge is -2.01. The topological polar surface area (TPSA) is 69.7 Å². The molecule has 0 aromatic carbocycles. The second kappa shape index (κ2) is 8.64. The highest BCUT2D eigenvalue weighted by Gasteiger charge is 2.11. The molecule has 0 radical (unpaired) electrons. The zero-order valence-corrected chi connectivity index (χ0v) is 9.36. The number of Topliss-reactive ketones (excluding diaryl/α,β-unsaturated/α-hetero) is 1. The highest BCUT2D eigenvalue weighted by atomic mass is 16.5. The number of hydrogen-bond donors (Lipinski definition) is 0. The maximum atomic E-state index is 11.2. The molecule has 0 spiro atoms. The first-order valence-electron chi connectivity index (χ1n) is 4.95. The van der Waals surface area contributed by atoms with Crippen molar-refractivity contribution >= 4 is 17.7 Å². The van der Waals surface area contributed by atoms with Crippen molar-refractivity contribution in [2.24, 2.45) is 0 Å². The maximum Gasteiger partial charge on any atom is 0.313 e. The summed E-state index contributed by atoms with van der Waals surface area (Å²) < 4.78 is 9.05. The van der Waals surface area contributed by atoms with Crippen molar-refractivity contribution in [1.82, 2.24) is 0 Å². The Labute approximate surface area is 94.4 Å². The second-order valence-electron chi connectivity index (χ2n) is 3.12. The highest BCUT2D eigenvalue weighted by molar-refractivity contribution is 5.95. The number of ketones is 1. The molecule has 0 bridgehead atoms. The Morgan fingerprint density at radius 1 is 1.19 bits per heavy atom. The van der Waals surface area contributed by atoms with Crippen molar-refractivity contribution < 1.29 is 23.9 Å². The van der Waals surface area contributed by atoms with E-state index in [-0.39, 0.29) is 37.6 Å². The molecular weight excluding hydrogens is 212 g/mol. The minimum Gasteiger partial charge on any atom is -0.469 e. The number of esters is 2. The standard InChI is InChI=1S/C11H16O5/c1-3-7-16-11(14)8-9(12)5-4-6-10(13)15-2/h3H,1,4-8H2,2H3. The van der Waals surface area contributed by atoms with E-state index in [0.29, 0.717) is 6.42 Å². The predicted molar refractivity (Wildman–Crippen MR) is 56.6 cm³/mol. The molecule has 0 unspecified atom stereocenters. The lowest BCUT2D eigenvalue weighted by Crippen LogP contribution is -2.11. The van der Waals surface area contributed by atoms with E-state index in [2.05, 4.69) is 16.1 Å². The van der Waals surface area contributed by atoms with Crippen molar-refractivity contribution in [3.05, 3.63) is 12.7 Å². The van der Waals surface area contributed by atoms with E-state index in [9.17, 15) is 14.4 Å². The van der Waals surface area contributed by atoms with Gasteiger partial charge >= 0.3 is 11.9 Å². The molecule has 0 amide bonds. The molecule has 0 aromatic heterocycles. The number of rotatable bonds is 8. The van der Waals surface area contributed by atoms with Gasteiger partial charge in [0.15, 0.2) is 0 Å². The van der Waals surface area contributed by atoms with Gasteiger partial charge in [0, 0.05) is 12.8 Å². The van der Waals surface area contributed by atoms with Crippen LogP contribution in [-0.2, 0) is 23.9 Å². The van der Waals surface area contributed by atoms with Crippen LogP contribution < -0.4 is 0 Å². The number of methoxy groups -OCH3 is 1. The second-order valence-corrected chi connectivity index (χ2v) is 3.12. The van der Waals surface area contributed by atoms with Gasteiger partial charge in [0.2, 0.25) is 0 Å².